The Balaban J connectivity index is 2.76. The minimum absolute atomic E-state index is 0.367. The van der Waals surface area contributed by atoms with Gasteiger partial charge in [0.25, 0.3) is 0 Å². The summed E-state index contributed by atoms with van der Waals surface area (Å²) >= 11 is 0. The largest absolute Gasteiger partial charge is 0.399 e. The molecule has 0 aromatic heterocycles. The molecule has 0 aliphatic rings. The van der Waals surface area contributed by atoms with Gasteiger partial charge >= 0.3 is 0 Å². The molecule has 0 aliphatic carbocycles. The Morgan fingerprint density at radius 2 is 2.00 bits per heavy atom. The van der Waals surface area contributed by atoms with E-state index in [4.69, 9.17) is 10.5 Å². The molecule has 0 saturated heterocycles. The van der Waals surface area contributed by atoms with Crippen molar-refractivity contribution in [2.45, 2.75) is 26.8 Å². The van der Waals surface area contributed by atoms with Crippen LogP contribution < -0.4 is 5.73 Å². The second-order valence-corrected chi connectivity index (χ2v) is 5.23. The van der Waals surface area contributed by atoms with Gasteiger partial charge in [0.15, 0.2) is 0 Å². The van der Waals surface area contributed by atoms with Gasteiger partial charge in [0.1, 0.15) is 0 Å². The van der Waals surface area contributed by atoms with E-state index in [-0.39, 0.29) is 0 Å². The molecule has 1 rings (SSSR count). The van der Waals surface area contributed by atoms with Gasteiger partial charge in [0.2, 0.25) is 0 Å². The lowest BCUT2D eigenvalue weighted by Crippen LogP contribution is -2.33. The average Bonchev–Trinajstić information content (AvgIpc) is 2.33. The molecule has 0 bridgehead atoms. The SMILES string of the molecule is COCCN(CC(C)C)C(C)c1cccc(N)c1. The van der Waals surface area contributed by atoms with Crippen molar-refractivity contribution in [2.24, 2.45) is 5.92 Å². The minimum Gasteiger partial charge on any atom is -0.399 e. The lowest BCUT2D eigenvalue weighted by atomic mass is 10.0. The van der Waals surface area contributed by atoms with Crippen molar-refractivity contribution in [1.29, 1.82) is 0 Å². The summed E-state index contributed by atoms with van der Waals surface area (Å²) in [6, 6.07) is 8.51. The maximum atomic E-state index is 5.85. The van der Waals surface area contributed by atoms with Gasteiger partial charge in [0.05, 0.1) is 6.61 Å². The Kier molecular flexibility index (Phi) is 6.16. The van der Waals surface area contributed by atoms with E-state index in [1.54, 1.807) is 7.11 Å². The van der Waals surface area contributed by atoms with Gasteiger partial charge in [-0.25, -0.2) is 0 Å². The molecule has 1 aromatic rings. The highest BCUT2D eigenvalue weighted by Crippen LogP contribution is 2.22. The molecule has 1 unspecified atom stereocenters. The highest BCUT2D eigenvalue weighted by Gasteiger charge is 2.16. The van der Waals surface area contributed by atoms with Gasteiger partial charge in [-0.2, -0.15) is 0 Å². The zero-order valence-corrected chi connectivity index (χ0v) is 12.0. The molecule has 1 aromatic carbocycles. The van der Waals surface area contributed by atoms with Crippen LogP contribution in [0.5, 0.6) is 0 Å². The fourth-order valence-corrected chi connectivity index (χ4v) is 2.15. The number of benzene rings is 1. The molecule has 0 aliphatic heterocycles. The first-order chi connectivity index (χ1) is 8.54. The van der Waals surface area contributed by atoms with Crippen molar-refractivity contribution in [3.8, 4) is 0 Å². The van der Waals surface area contributed by atoms with Crippen molar-refractivity contribution < 1.29 is 4.74 Å². The van der Waals surface area contributed by atoms with Gasteiger partial charge in [0, 0.05) is 31.9 Å². The monoisotopic (exact) mass is 250 g/mol. The molecule has 3 nitrogen and oxygen atoms in total. The third kappa shape index (κ3) is 4.67. The van der Waals surface area contributed by atoms with Crippen molar-refractivity contribution in [3.05, 3.63) is 29.8 Å². The van der Waals surface area contributed by atoms with Crippen LogP contribution in [0.25, 0.3) is 0 Å². The summed E-state index contributed by atoms with van der Waals surface area (Å²) < 4.78 is 5.20. The Hall–Kier alpha value is -1.06. The molecule has 0 amide bonds. The second kappa shape index (κ2) is 7.39. The van der Waals surface area contributed by atoms with Crippen LogP contribution in [-0.2, 0) is 4.74 Å². The lowest BCUT2D eigenvalue weighted by molar-refractivity contribution is 0.115. The molecule has 0 saturated carbocycles. The predicted octanol–water partition coefficient (Wildman–Crippen LogP) is 2.93. The second-order valence-electron chi connectivity index (χ2n) is 5.23. The fraction of sp³-hybridized carbons (Fsp3) is 0.600. The third-order valence-electron chi connectivity index (χ3n) is 3.12. The molecule has 18 heavy (non-hydrogen) atoms. The topological polar surface area (TPSA) is 38.5 Å². The zero-order chi connectivity index (χ0) is 13.5. The molecule has 1 atom stereocenters. The van der Waals surface area contributed by atoms with Gasteiger partial charge in [-0.1, -0.05) is 26.0 Å². The van der Waals surface area contributed by atoms with Gasteiger partial charge in [-0.3, -0.25) is 4.90 Å². The number of anilines is 1. The molecule has 3 heteroatoms. The van der Waals surface area contributed by atoms with E-state index in [9.17, 15) is 0 Å². The summed E-state index contributed by atoms with van der Waals surface area (Å²) in [5.74, 6) is 0.644. The quantitative estimate of drug-likeness (QED) is 0.756. The van der Waals surface area contributed by atoms with Crippen LogP contribution in [0.15, 0.2) is 24.3 Å². The van der Waals surface area contributed by atoms with E-state index in [1.165, 1.54) is 5.56 Å². The van der Waals surface area contributed by atoms with Crippen LogP contribution in [0.4, 0.5) is 5.69 Å². The van der Waals surface area contributed by atoms with Crippen LogP contribution in [0, 0.1) is 5.92 Å². The number of nitrogens with two attached hydrogens (primary N) is 1. The first-order valence-electron chi connectivity index (χ1n) is 6.63. The normalized spacial score (nSPS) is 13.2. The number of hydrogen-bond donors (Lipinski definition) is 1. The van der Waals surface area contributed by atoms with E-state index in [1.807, 2.05) is 12.1 Å². The molecule has 0 spiro atoms. The maximum Gasteiger partial charge on any atom is 0.0589 e. The summed E-state index contributed by atoms with van der Waals surface area (Å²) in [6.07, 6.45) is 0. The Morgan fingerprint density at radius 1 is 1.28 bits per heavy atom. The zero-order valence-electron chi connectivity index (χ0n) is 12.0. The van der Waals surface area contributed by atoms with Crippen LogP contribution in [0.3, 0.4) is 0 Å². The Bertz CT molecular complexity index is 352. The van der Waals surface area contributed by atoms with Crippen molar-refractivity contribution in [3.63, 3.8) is 0 Å². The Morgan fingerprint density at radius 3 is 2.56 bits per heavy atom. The number of hydrogen-bond acceptors (Lipinski definition) is 3. The summed E-state index contributed by atoms with van der Waals surface area (Å²) in [5.41, 5.74) is 7.95. The summed E-state index contributed by atoms with van der Waals surface area (Å²) in [6.45, 7) is 9.49. The van der Waals surface area contributed by atoms with Crippen molar-refractivity contribution >= 4 is 5.69 Å². The number of nitrogen functional groups attached to an aromatic ring is 1. The third-order valence-corrected chi connectivity index (χ3v) is 3.12. The fourth-order valence-electron chi connectivity index (χ4n) is 2.15. The molecule has 2 N–H and O–H groups in total. The van der Waals surface area contributed by atoms with Gasteiger partial charge in [-0.15, -0.1) is 0 Å². The molecule has 0 fully saturated rings. The van der Waals surface area contributed by atoms with Crippen molar-refractivity contribution in [1.82, 2.24) is 4.90 Å². The maximum absolute atomic E-state index is 5.85. The van der Waals surface area contributed by atoms with E-state index in [0.717, 1.165) is 25.4 Å². The van der Waals surface area contributed by atoms with Crippen LogP contribution >= 0.6 is 0 Å². The first-order valence-corrected chi connectivity index (χ1v) is 6.63. The number of rotatable bonds is 7. The molecule has 0 radical (unpaired) electrons. The lowest BCUT2D eigenvalue weighted by Gasteiger charge is -2.30. The average molecular weight is 250 g/mol. The number of ether oxygens (including phenoxy) is 1. The van der Waals surface area contributed by atoms with Crippen LogP contribution in [0.2, 0.25) is 0 Å². The minimum atomic E-state index is 0.367. The standard InChI is InChI=1S/C15H26N2O/c1-12(2)11-17(8-9-18-4)13(3)14-6-5-7-15(16)10-14/h5-7,10,12-13H,8-9,11,16H2,1-4H3. The number of methoxy groups -OCH3 is 1. The highest BCUT2D eigenvalue weighted by molar-refractivity contribution is 5.41. The highest BCUT2D eigenvalue weighted by atomic mass is 16.5. The molecule has 0 heterocycles. The van der Waals surface area contributed by atoms with E-state index < -0.39 is 0 Å². The molecule has 102 valence electrons. The van der Waals surface area contributed by atoms with Gasteiger partial charge < -0.3 is 10.5 Å². The summed E-state index contributed by atoms with van der Waals surface area (Å²) in [5, 5.41) is 0. The van der Waals surface area contributed by atoms with E-state index in [0.29, 0.717) is 12.0 Å². The first kappa shape index (κ1) is 15.0. The molecular weight excluding hydrogens is 224 g/mol. The van der Waals surface area contributed by atoms with E-state index in [2.05, 4.69) is 37.8 Å². The predicted molar refractivity (Wildman–Crippen MR) is 77.6 cm³/mol. The molecular formula is C15H26N2O. The van der Waals surface area contributed by atoms with Crippen LogP contribution in [-0.4, -0.2) is 31.7 Å². The van der Waals surface area contributed by atoms with E-state index >= 15 is 0 Å². The Labute approximate surface area is 111 Å². The van der Waals surface area contributed by atoms with Gasteiger partial charge in [-0.05, 0) is 30.5 Å². The van der Waals surface area contributed by atoms with Crippen molar-refractivity contribution in [2.75, 3.05) is 32.5 Å². The van der Waals surface area contributed by atoms with Crippen LogP contribution in [0.1, 0.15) is 32.4 Å². The summed E-state index contributed by atoms with van der Waals surface area (Å²) in [7, 11) is 1.75. The summed E-state index contributed by atoms with van der Waals surface area (Å²) in [4.78, 5) is 2.45. The smallest absolute Gasteiger partial charge is 0.0589 e. The number of nitrogens with zero attached hydrogens (tertiary/aromatic N) is 1.